The van der Waals surface area contributed by atoms with Crippen molar-refractivity contribution in [3.05, 3.63) is 11.3 Å². The van der Waals surface area contributed by atoms with Gasteiger partial charge in [-0.25, -0.2) is 4.79 Å². The molecule has 0 aromatic heterocycles. The van der Waals surface area contributed by atoms with Crippen LogP contribution in [0.2, 0.25) is 0 Å². The van der Waals surface area contributed by atoms with Gasteiger partial charge in [-0.05, 0) is 25.2 Å². The highest BCUT2D eigenvalue weighted by molar-refractivity contribution is 5.90. The van der Waals surface area contributed by atoms with E-state index in [0.29, 0.717) is 36.8 Å². The van der Waals surface area contributed by atoms with Crippen LogP contribution in [0.4, 0.5) is 0 Å². The Morgan fingerprint density at radius 2 is 2.24 bits per heavy atom. The summed E-state index contributed by atoms with van der Waals surface area (Å²) in [6.07, 6.45) is 2.17. The van der Waals surface area contributed by atoms with Crippen LogP contribution in [0.15, 0.2) is 11.3 Å². The molecule has 0 spiro atoms. The SMILES string of the molecule is CCCOC(=O)C1=C(N)C(OCC(C)C)CC1. The standard InChI is InChI=1S/C13H23NO3/c1-4-7-16-13(15)10-5-6-11(12(10)14)17-8-9(2)3/h9,11H,4-8,14H2,1-3H3. The highest BCUT2D eigenvalue weighted by Gasteiger charge is 2.29. The van der Waals surface area contributed by atoms with E-state index in [1.54, 1.807) is 0 Å². The zero-order chi connectivity index (χ0) is 12.8. The average molecular weight is 241 g/mol. The van der Waals surface area contributed by atoms with Gasteiger partial charge in [-0.2, -0.15) is 0 Å². The number of carbonyl (C=O) groups is 1. The lowest BCUT2D eigenvalue weighted by molar-refractivity contribution is -0.139. The van der Waals surface area contributed by atoms with E-state index >= 15 is 0 Å². The molecule has 4 nitrogen and oxygen atoms in total. The fraction of sp³-hybridized carbons (Fsp3) is 0.769. The molecule has 0 saturated heterocycles. The minimum atomic E-state index is -0.278. The average Bonchev–Trinajstić information content (AvgIpc) is 2.65. The Kier molecular flexibility index (Phi) is 5.48. The Labute approximate surface area is 103 Å². The highest BCUT2D eigenvalue weighted by atomic mass is 16.5. The molecule has 4 heteroatoms. The number of carbonyl (C=O) groups excluding carboxylic acids is 1. The molecule has 0 aromatic carbocycles. The van der Waals surface area contributed by atoms with Crippen molar-refractivity contribution in [1.29, 1.82) is 0 Å². The van der Waals surface area contributed by atoms with Gasteiger partial charge >= 0.3 is 5.97 Å². The van der Waals surface area contributed by atoms with Crippen molar-refractivity contribution in [1.82, 2.24) is 0 Å². The van der Waals surface area contributed by atoms with Gasteiger partial charge in [-0.1, -0.05) is 20.8 Å². The van der Waals surface area contributed by atoms with Crippen LogP contribution in [-0.4, -0.2) is 25.3 Å². The van der Waals surface area contributed by atoms with E-state index in [0.717, 1.165) is 12.8 Å². The number of hydrogen-bond acceptors (Lipinski definition) is 4. The van der Waals surface area contributed by atoms with E-state index in [9.17, 15) is 4.79 Å². The first-order valence-corrected chi connectivity index (χ1v) is 6.33. The van der Waals surface area contributed by atoms with Gasteiger partial charge in [0.2, 0.25) is 0 Å². The number of nitrogens with two attached hydrogens (primary N) is 1. The van der Waals surface area contributed by atoms with Crippen molar-refractivity contribution in [3.63, 3.8) is 0 Å². The van der Waals surface area contributed by atoms with E-state index < -0.39 is 0 Å². The van der Waals surface area contributed by atoms with Crippen molar-refractivity contribution in [3.8, 4) is 0 Å². The van der Waals surface area contributed by atoms with Gasteiger partial charge < -0.3 is 15.2 Å². The lowest BCUT2D eigenvalue weighted by Crippen LogP contribution is -2.21. The second-order valence-corrected chi connectivity index (χ2v) is 4.82. The fourth-order valence-corrected chi connectivity index (χ4v) is 1.75. The van der Waals surface area contributed by atoms with Crippen molar-refractivity contribution in [2.45, 2.75) is 46.1 Å². The molecule has 0 amide bonds. The summed E-state index contributed by atoms with van der Waals surface area (Å²) < 4.78 is 10.8. The smallest absolute Gasteiger partial charge is 0.335 e. The largest absolute Gasteiger partial charge is 0.462 e. The first-order valence-electron chi connectivity index (χ1n) is 6.33. The quantitative estimate of drug-likeness (QED) is 0.722. The van der Waals surface area contributed by atoms with E-state index in [2.05, 4.69) is 13.8 Å². The number of hydrogen-bond donors (Lipinski definition) is 1. The summed E-state index contributed by atoms with van der Waals surface area (Å²) in [5.41, 5.74) is 7.10. The van der Waals surface area contributed by atoms with Crippen LogP contribution in [0.5, 0.6) is 0 Å². The summed E-state index contributed by atoms with van der Waals surface area (Å²) in [4.78, 5) is 11.7. The van der Waals surface area contributed by atoms with E-state index in [1.807, 2.05) is 6.92 Å². The number of rotatable bonds is 6. The molecule has 0 radical (unpaired) electrons. The third-order valence-electron chi connectivity index (χ3n) is 2.67. The molecule has 1 aliphatic carbocycles. The van der Waals surface area contributed by atoms with Crippen LogP contribution in [0, 0.1) is 5.92 Å². The third-order valence-corrected chi connectivity index (χ3v) is 2.67. The van der Waals surface area contributed by atoms with Crippen molar-refractivity contribution in [2.75, 3.05) is 13.2 Å². The molecular formula is C13H23NO3. The maximum absolute atomic E-state index is 11.7. The zero-order valence-electron chi connectivity index (χ0n) is 11.0. The lowest BCUT2D eigenvalue weighted by atomic mass is 10.2. The summed E-state index contributed by atoms with van der Waals surface area (Å²) in [7, 11) is 0. The molecule has 0 aromatic rings. The molecule has 1 rings (SSSR count). The van der Waals surface area contributed by atoms with Crippen molar-refractivity contribution < 1.29 is 14.3 Å². The molecule has 0 saturated carbocycles. The Bertz CT molecular complexity index is 297. The number of esters is 1. The van der Waals surface area contributed by atoms with Crippen LogP contribution in [-0.2, 0) is 14.3 Å². The van der Waals surface area contributed by atoms with Gasteiger partial charge in [0.25, 0.3) is 0 Å². The lowest BCUT2D eigenvalue weighted by Gasteiger charge is -2.14. The molecule has 2 N–H and O–H groups in total. The van der Waals surface area contributed by atoms with Gasteiger partial charge in [0.15, 0.2) is 0 Å². The van der Waals surface area contributed by atoms with Crippen LogP contribution in [0.1, 0.15) is 40.0 Å². The predicted molar refractivity (Wildman–Crippen MR) is 66.3 cm³/mol. The third kappa shape index (κ3) is 4.04. The second-order valence-electron chi connectivity index (χ2n) is 4.82. The predicted octanol–water partition coefficient (Wildman–Crippen LogP) is 1.99. The second kappa shape index (κ2) is 6.64. The van der Waals surface area contributed by atoms with Crippen LogP contribution >= 0.6 is 0 Å². The molecule has 1 atom stereocenters. The zero-order valence-corrected chi connectivity index (χ0v) is 11.0. The molecule has 0 fully saturated rings. The normalized spacial score (nSPS) is 20.1. The van der Waals surface area contributed by atoms with E-state index in [-0.39, 0.29) is 12.1 Å². The van der Waals surface area contributed by atoms with Crippen LogP contribution in [0.3, 0.4) is 0 Å². The monoisotopic (exact) mass is 241 g/mol. The van der Waals surface area contributed by atoms with Gasteiger partial charge in [0.05, 0.1) is 18.3 Å². The topological polar surface area (TPSA) is 61.5 Å². The van der Waals surface area contributed by atoms with Gasteiger partial charge in [-0.3, -0.25) is 0 Å². The molecule has 0 heterocycles. The number of ether oxygens (including phenoxy) is 2. The van der Waals surface area contributed by atoms with Crippen LogP contribution < -0.4 is 5.73 Å². The summed E-state index contributed by atoms with van der Waals surface area (Å²) in [5.74, 6) is 0.193. The van der Waals surface area contributed by atoms with Gasteiger partial charge in [0, 0.05) is 12.3 Å². The van der Waals surface area contributed by atoms with Gasteiger partial charge in [0.1, 0.15) is 0 Å². The molecule has 98 valence electrons. The Hall–Kier alpha value is -1.03. The highest BCUT2D eigenvalue weighted by Crippen LogP contribution is 2.26. The molecule has 1 aliphatic rings. The van der Waals surface area contributed by atoms with E-state index in [4.69, 9.17) is 15.2 Å². The van der Waals surface area contributed by atoms with Crippen molar-refractivity contribution in [2.24, 2.45) is 11.7 Å². The molecule has 0 bridgehead atoms. The molecule has 17 heavy (non-hydrogen) atoms. The molecule has 0 aliphatic heterocycles. The molecule has 1 unspecified atom stereocenters. The minimum absolute atomic E-state index is 0.110. The summed E-state index contributed by atoms with van der Waals surface area (Å²) in [6.45, 7) is 7.26. The summed E-state index contributed by atoms with van der Waals surface area (Å²) in [6, 6.07) is 0. The summed E-state index contributed by atoms with van der Waals surface area (Å²) in [5, 5.41) is 0. The van der Waals surface area contributed by atoms with Crippen molar-refractivity contribution >= 4 is 5.97 Å². The maximum Gasteiger partial charge on any atom is 0.335 e. The Balaban J connectivity index is 2.52. The summed E-state index contributed by atoms with van der Waals surface area (Å²) >= 11 is 0. The first kappa shape index (κ1) is 14.0. The maximum atomic E-state index is 11.7. The minimum Gasteiger partial charge on any atom is -0.462 e. The molecular weight excluding hydrogens is 218 g/mol. The van der Waals surface area contributed by atoms with E-state index in [1.165, 1.54) is 0 Å². The Morgan fingerprint density at radius 1 is 1.53 bits per heavy atom. The fourth-order valence-electron chi connectivity index (χ4n) is 1.75. The Morgan fingerprint density at radius 3 is 2.82 bits per heavy atom. The van der Waals surface area contributed by atoms with Crippen LogP contribution in [0.25, 0.3) is 0 Å². The van der Waals surface area contributed by atoms with Gasteiger partial charge in [-0.15, -0.1) is 0 Å². The first-order chi connectivity index (χ1) is 8.06.